The molecule has 0 saturated carbocycles. The maximum Gasteiger partial charge on any atom is 0.274 e. The number of carbonyl (C=O) groups excluding carboxylic acids is 2. The lowest BCUT2D eigenvalue weighted by molar-refractivity contribution is -0.121. The number of nitrogens with zero attached hydrogens (tertiary/aromatic N) is 2. The van der Waals surface area contributed by atoms with E-state index in [2.05, 4.69) is 15.5 Å². The van der Waals surface area contributed by atoms with Gasteiger partial charge in [0.15, 0.2) is 0 Å². The number of H-pyrrole nitrogens is 1. The van der Waals surface area contributed by atoms with Crippen LogP contribution >= 0.6 is 0 Å². The van der Waals surface area contributed by atoms with Crippen molar-refractivity contribution in [2.75, 3.05) is 13.1 Å². The van der Waals surface area contributed by atoms with Crippen molar-refractivity contribution in [2.24, 2.45) is 0 Å². The number of nitrogens with one attached hydrogen (secondary N) is 2. The number of benzene rings is 1. The Kier molecular flexibility index (Phi) is 5.23. The number of amides is 2. The molecule has 2 N–H and O–H groups in total. The summed E-state index contributed by atoms with van der Waals surface area (Å²) in [5.74, 6) is -0.205. The number of aromatic amines is 1. The molecule has 130 valence electrons. The van der Waals surface area contributed by atoms with Crippen LogP contribution < -0.4 is 10.9 Å². The molecule has 1 aromatic carbocycles. The molecule has 1 aromatic heterocycles. The van der Waals surface area contributed by atoms with Crippen LogP contribution in [-0.2, 0) is 11.2 Å². The summed E-state index contributed by atoms with van der Waals surface area (Å²) in [5, 5.41) is 9.07. The first-order valence-electron chi connectivity index (χ1n) is 8.30. The van der Waals surface area contributed by atoms with Gasteiger partial charge in [-0.2, -0.15) is 5.10 Å². The number of carbonyl (C=O) groups is 2. The summed E-state index contributed by atoms with van der Waals surface area (Å²) < 4.78 is 0. The summed E-state index contributed by atoms with van der Waals surface area (Å²) in [7, 11) is 0. The summed E-state index contributed by atoms with van der Waals surface area (Å²) in [4.78, 5) is 37.2. The average Bonchev–Trinajstić information content (AvgIpc) is 2.63. The molecular weight excluding hydrogens is 320 g/mol. The molecule has 7 nitrogen and oxygen atoms in total. The van der Waals surface area contributed by atoms with Crippen LogP contribution in [0.3, 0.4) is 0 Å². The van der Waals surface area contributed by atoms with E-state index < -0.39 is 0 Å². The molecule has 0 radical (unpaired) electrons. The molecule has 7 heteroatoms. The molecule has 2 amide bonds. The summed E-state index contributed by atoms with van der Waals surface area (Å²) in [6, 6.07) is 12.4. The second-order valence-corrected chi connectivity index (χ2v) is 6.10. The van der Waals surface area contributed by atoms with Crippen LogP contribution in [0.15, 0.2) is 47.3 Å². The molecule has 0 aliphatic carbocycles. The molecule has 1 aliphatic rings. The van der Waals surface area contributed by atoms with Gasteiger partial charge in [-0.1, -0.05) is 30.3 Å². The molecule has 2 aromatic rings. The van der Waals surface area contributed by atoms with Gasteiger partial charge in [0.1, 0.15) is 5.69 Å². The highest BCUT2D eigenvalue weighted by Crippen LogP contribution is 2.13. The van der Waals surface area contributed by atoms with Crippen molar-refractivity contribution >= 4 is 11.8 Å². The van der Waals surface area contributed by atoms with Crippen molar-refractivity contribution in [1.82, 2.24) is 20.4 Å². The normalized spacial score (nSPS) is 15.0. The quantitative estimate of drug-likeness (QED) is 0.858. The van der Waals surface area contributed by atoms with Crippen molar-refractivity contribution in [2.45, 2.75) is 25.3 Å². The SMILES string of the molecule is O=C(Cc1ccccc1)NC1CCN(C(=O)c2ccc(=O)[nH]n2)CC1. The standard InChI is InChI=1S/C18H20N4O3/c23-16-7-6-15(20-21-16)18(25)22-10-8-14(9-11-22)19-17(24)12-13-4-2-1-3-5-13/h1-7,14H,8-12H2,(H,19,24)(H,21,23). The van der Waals surface area contributed by atoms with E-state index in [0.29, 0.717) is 32.4 Å². The third-order valence-electron chi connectivity index (χ3n) is 4.25. The Hall–Kier alpha value is -2.96. The molecule has 2 heterocycles. The first-order chi connectivity index (χ1) is 12.1. The number of hydrogen-bond acceptors (Lipinski definition) is 4. The third-order valence-corrected chi connectivity index (χ3v) is 4.25. The Morgan fingerprint density at radius 3 is 2.48 bits per heavy atom. The first kappa shape index (κ1) is 16.9. The fourth-order valence-electron chi connectivity index (χ4n) is 2.91. The fraction of sp³-hybridized carbons (Fsp3) is 0.333. The zero-order valence-corrected chi connectivity index (χ0v) is 13.8. The summed E-state index contributed by atoms with van der Waals surface area (Å²) in [6.45, 7) is 1.10. The van der Waals surface area contributed by atoms with Crippen LogP contribution in [0.4, 0.5) is 0 Å². The van der Waals surface area contributed by atoms with Crippen LogP contribution in [0.25, 0.3) is 0 Å². The van der Waals surface area contributed by atoms with E-state index in [1.54, 1.807) is 4.90 Å². The van der Waals surface area contributed by atoms with Gasteiger partial charge < -0.3 is 10.2 Å². The first-order valence-corrected chi connectivity index (χ1v) is 8.30. The van der Waals surface area contributed by atoms with Crippen molar-refractivity contribution in [3.8, 4) is 0 Å². The van der Waals surface area contributed by atoms with E-state index >= 15 is 0 Å². The van der Waals surface area contributed by atoms with Gasteiger partial charge in [-0.05, 0) is 24.5 Å². The zero-order chi connectivity index (χ0) is 17.6. The molecule has 3 rings (SSSR count). The zero-order valence-electron chi connectivity index (χ0n) is 13.8. The van der Waals surface area contributed by atoms with Gasteiger partial charge in [-0.25, -0.2) is 5.10 Å². The molecule has 0 unspecified atom stereocenters. The van der Waals surface area contributed by atoms with E-state index in [0.717, 1.165) is 5.56 Å². The highest BCUT2D eigenvalue weighted by Gasteiger charge is 2.25. The highest BCUT2D eigenvalue weighted by atomic mass is 16.2. The van der Waals surface area contributed by atoms with Crippen LogP contribution in [0.5, 0.6) is 0 Å². The lowest BCUT2D eigenvalue weighted by Crippen LogP contribution is -2.47. The topological polar surface area (TPSA) is 95.2 Å². The number of hydrogen-bond donors (Lipinski definition) is 2. The second kappa shape index (κ2) is 7.74. The van der Waals surface area contributed by atoms with Gasteiger partial charge in [0.05, 0.1) is 6.42 Å². The summed E-state index contributed by atoms with van der Waals surface area (Å²) in [5.41, 5.74) is 0.874. The molecule has 25 heavy (non-hydrogen) atoms. The van der Waals surface area contributed by atoms with Crippen molar-refractivity contribution in [3.05, 3.63) is 64.1 Å². The second-order valence-electron chi connectivity index (χ2n) is 6.10. The number of likely N-dealkylation sites (tertiary alicyclic amines) is 1. The molecule has 0 spiro atoms. The number of aromatic nitrogens is 2. The molecular formula is C18H20N4O3. The summed E-state index contributed by atoms with van der Waals surface area (Å²) in [6.07, 6.45) is 1.77. The van der Waals surface area contributed by atoms with Gasteiger partial charge in [-0.3, -0.25) is 14.4 Å². The van der Waals surface area contributed by atoms with E-state index in [4.69, 9.17) is 0 Å². The van der Waals surface area contributed by atoms with E-state index in [-0.39, 0.29) is 29.1 Å². The maximum absolute atomic E-state index is 12.3. The van der Waals surface area contributed by atoms with Gasteiger partial charge in [0.2, 0.25) is 5.91 Å². The van der Waals surface area contributed by atoms with E-state index in [1.807, 2.05) is 30.3 Å². The Bertz CT molecular complexity index is 775. The number of piperidine rings is 1. The minimum absolute atomic E-state index is 0.00159. The molecule has 1 saturated heterocycles. The predicted molar refractivity (Wildman–Crippen MR) is 92.1 cm³/mol. The van der Waals surface area contributed by atoms with Crippen molar-refractivity contribution in [3.63, 3.8) is 0 Å². The smallest absolute Gasteiger partial charge is 0.274 e. The van der Waals surface area contributed by atoms with Crippen molar-refractivity contribution in [1.29, 1.82) is 0 Å². The van der Waals surface area contributed by atoms with E-state index in [1.165, 1.54) is 12.1 Å². The van der Waals surface area contributed by atoms with Gasteiger partial charge in [0.25, 0.3) is 11.5 Å². The van der Waals surface area contributed by atoms with Crippen LogP contribution in [-0.4, -0.2) is 46.0 Å². The van der Waals surface area contributed by atoms with Crippen LogP contribution in [0.2, 0.25) is 0 Å². The van der Waals surface area contributed by atoms with E-state index in [9.17, 15) is 14.4 Å². The molecule has 1 fully saturated rings. The summed E-state index contributed by atoms with van der Waals surface area (Å²) >= 11 is 0. The minimum Gasteiger partial charge on any atom is -0.353 e. The average molecular weight is 340 g/mol. The molecule has 0 bridgehead atoms. The monoisotopic (exact) mass is 340 g/mol. The lowest BCUT2D eigenvalue weighted by atomic mass is 10.0. The lowest BCUT2D eigenvalue weighted by Gasteiger charge is -2.32. The number of rotatable bonds is 4. The highest BCUT2D eigenvalue weighted by molar-refractivity contribution is 5.92. The molecule has 1 aliphatic heterocycles. The Labute approximate surface area is 145 Å². The molecule has 0 atom stereocenters. The Morgan fingerprint density at radius 1 is 1.12 bits per heavy atom. The van der Waals surface area contributed by atoms with Gasteiger partial charge in [-0.15, -0.1) is 0 Å². The minimum atomic E-state index is -0.337. The Morgan fingerprint density at radius 2 is 1.84 bits per heavy atom. The maximum atomic E-state index is 12.3. The van der Waals surface area contributed by atoms with Gasteiger partial charge >= 0.3 is 0 Å². The van der Waals surface area contributed by atoms with Crippen LogP contribution in [0, 0.1) is 0 Å². The predicted octanol–water partition coefficient (Wildman–Crippen LogP) is 0.733. The Balaban J connectivity index is 1.48. The van der Waals surface area contributed by atoms with Crippen molar-refractivity contribution < 1.29 is 9.59 Å². The van der Waals surface area contributed by atoms with Gasteiger partial charge in [0, 0.05) is 25.2 Å². The largest absolute Gasteiger partial charge is 0.353 e. The van der Waals surface area contributed by atoms with Crippen LogP contribution in [0.1, 0.15) is 28.9 Å². The fourth-order valence-corrected chi connectivity index (χ4v) is 2.91. The third kappa shape index (κ3) is 4.53.